The molecule has 0 atom stereocenters. The van der Waals surface area contributed by atoms with Crippen LogP contribution in [-0.4, -0.2) is 31.1 Å². The Labute approximate surface area is 231 Å². The first-order chi connectivity index (χ1) is 19.7. The number of aliphatic imine (C=N–C) groups is 1. The van der Waals surface area contributed by atoms with Crippen molar-refractivity contribution in [3.8, 4) is 5.88 Å². The van der Waals surface area contributed by atoms with Crippen molar-refractivity contribution in [1.82, 2.24) is 14.3 Å². The predicted molar refractivity (Wildman–Crippen MR) is 157 cm³/mol. The summed E-state index contributed by atoms with van der Waals surface area (Å²) in [5.41, 5.74) is 6.49. The number of benzene rings is 2. The number of aromatic nitrogens is 2. The minimum atomic E-state index is -0.149. The van der Waals surface area contributed by atoms with E-state index in [0.29, 0.717) is 35.7 Å². The lowest BCUT2D eigenvalue weighted by atomic mass is 10.1. The highest BCUT2D eigenvalue weighted by molar-refractivity contribution is 6.17. The van der Waals surface area contributed by atoms with Crippen molar-refractivity contribution in [2.24, 2.45) is 4.99 Å². The molecule has 7 nitrogen and oxygen atoms in total. The Kier molecular flexibility index (Phi) is 5.74. The Hall–Kier alpha value is -5.43. The SMILES string of the molecule is O=C1C(=CC2=C(N(c3ccccc3)c3ccccc3)C(=Cc3nc4ccccn4c3O)CC2)N=C2C=CC=CN12. The van der Waals surface area contributed by atoms with Gasteiger partial charge < -0.3 is 10.0 Å². The minimum Gasteiger partial charge on any atom is -0.493 e. The number of hydrogen-bond acceptors (Lipinski definition) is 5. The molecule has 40 heavy (non-hydrogen) atoms. The summed E-state index contributed by atoms with van der Waals surface area (Å²) in [7, 11) is 0. The van der Waals surface area contributed by atoms with Crippen LogP contribution in [0, 0.1) is 0 Å². The number of carbonyl (C=O) groups excluding carboxylic acids is 1. The van der Waals surface area contributed by atoms with Crippen molar-refractivity contribution in [3.63, 3.8) is 0 Å². The number of pyridine rings is 1. The first kappa shape index (κ1) is 23.7. The van der Waals surface area contributed by atoms with E-state index in [9.17, 15) is 9.90 Å². The average molecular weight is 524 g/mol. The number of rotatable bonds is 5. The third-order valence-electron chi connectivity index (χ3n) is 7.19. The molecule has 2 aromatic heterocycles. The van der Waals surface area contributed by atoms with Crippen LogP contribution in [-0.2, 0) is 4.79 Å². The Morgan fingerprint density at radius 3 is 2.27 bits per heavy atom. The number of carbonyl (C=O) groups is 1. The van der Waals surface area contributed by atoms with E-state index in [2.05, 4.69) is 39.1 Å². The summed E-state index contributed by atoms with van der Waals surface area (Å²) in [6, 6.07) is 25.9. The molecule has 4 aromatic rings. The number of amides is 1. The Morgan fingerprint density at radius 2 is 1.57 bits per heavy atom. The molecule has 0 fully saturated rings. The fourth-order valence-corrected chi connectivity index (χ4v) is 5.36. The zero-order chi connectivity index (χ0) is 27.1. The van der Waals surface area contributed by atoms with Crippen LogP contribution >= 0.6 is 0 Å². The molecule has 194 valence electrons. The van der Waals surface area contributed by atoms with Crippen LogP contribution in [0.2, 0.25) is 0 Å². The van der Waals surface area contributed by atoms with Crippen LogP contribution < -0.4 is 4.90 Å². The van der Waals surface area contributed by atoms with Gasteiger partial charge in [-0.25, -0.2) is 9.98 Å². The van der Waals surface area contributed by atoms with Gasteiger partial charge in [-0.05, 0) is 84.7 Å². The van der Waals surface area contributed by atoms with E-state index in [1.165, 1.54) is 0 Å². The molecule has 0 bridgehead atoms. The number of aromatic hydroxyl groups is 1. The van der Waals surface area contributed by atoms with Gasteiger partial charge in [0.05, 0.1) is 5.70 Å². The van der Waals surface area contributed by atoms with Crippen LogP contribution in [0.5, 0.6) is 5.88 Å². The van der Waals surface area contributed by atoms with E-state index in [0.717, 1.165) is 28.2 Å². The second-order valence-corrected chi connectivity index (χ2v) is 9.67. The summed E-state index contributed by atoms with van der Waals surface area (Å²) in [5, 5.41) is 11.0. The van der Waals surface area contributed by atoms with Crippen molar-refractivity contribution in [3.05, 3.63) is 144 Å². The van der Waals surface area contributed by atoms with Crippen molar-refractivity contribution < 1.29 is 9.90 Å². The van der Waals surface area contributed by atoms with Crippen LogP contribution in [0.15, 0.2) is 143 Å². The number of imidazole rings is 1. The molecule has 0 saturated carbocycles. The fraction of sp³-hybridized carbons (Fsp3) is 0.0606. The van der Waals surface area contributed by atoms with Gasteiger partial charge in [0.1, 0.15) is 22.9 Å². The molecule has 3 aliphatic rings. The van der Waals surface area contributed by atoms with E-state index >= 15 is 0 Å². The molecule has 4 heterocycles. The largest absolute Gasteiger partial charge is 0.493 e. The highest BCUT2D eigenvalue weighted by atomic mass is 16.3. The number of anilines is 2. The molecule has 1 amide bonds. The van der Waals surface area contributed by atoms with Crippen molar-refractivity contribution in [1.29, 1.82) is 0 Å². The summed E-state index contributed by atoms with van der Waals surface area (Å²) >= 11 is 0. The van der Waals surface area contributed by atoms with Crippen LogP contribution in [0.4, 0.5) is 11.4 Å². The Bertz CT molecular complexity index is 1780. The first-order valence-electron chi connectivity index (χ1n) is 13.2. The lowest BCUT2D eigenvalue weighted by molar-refractivity contribution is -0.121. The molecule has 0 radical (unpaired) electrons. The number of allylic oxidation sites excluding steroid dienone is 5. The molecular formula is C33H25N5O2. The zero-order valence-electron chi connectivity index (χ0n) is 21.6. The maximum absolute atomic E-state index is 13.2. The van der Waals surface area contributed by atoms with Gasteiger partial charge in [0.25, 0.3) is 5.91 Å². The van der Waals surface area contributed by atoms with E-state index in [1.807, 2.05) is 85.0 Å². The summed E-state index contributed by atoms with van der Waals surface area (Å²) in [6.07, 6.45) is 14.4. The molecule has 1 N–H and O–H groups in total. The van der Waals surface area contributed by atoms with Gasteiger partial charge in [-0.15, -0.1) is 0 Å². The Balaban J connectivity index is 1.44. The maximum atomic E-state index is 13.2. The normalized spacial score (nSPS) is 18.4. The molecule has 0 spiro atoms. The zero-order valence-corrected chi connectivity index (χ0v) is 21.6. The summed E-state index contributed by atoms with van der Waals surface area (Å²) in [5.74, 6) is 0.559. The lowest BCUT2D eigenvalue weighted by Gasteiger charge is -2.28. The summed E-state index contributed by atoms with van der Waals surface area (Å²) in [4.78, 5) is 26.3. The number of amidine groups is 1. The van der Waals surface area contributed by atoms with E-state index in [4.69, 9.17) is 0 Å². The second-order valence-electron chi connectivity index (χ2n) is 9.67. The highest BCUT2D eigenvalue weighted by Gasteiger charge is 2.31. The first-order valence-corrected chi connectivity index (χ1v) is 13.2. The molecule has 0 unspecified atom stereocenters. The van der Waals surface area contributed by atoms with Gasteiger partial charge in [-0.3, -0.25) is 14.1 Å². The second kappa shape index (κ2) is 9.71. The molecule has 7 rings (SSSR count). The molecule has 2 aromatic carbocycles. The van der Waals surface area contributed by atoms with Crippen molar-refractivity contribution in [2.45, 2.75) is 12.8 Å². The molecule has 0 saturated heterocycles. The fourth-order valence-electron chi connectivity index (χ4n) is 5.36. The minimum absolute atomic E-state index is 0.0908. The standard InChI is InChI=1S/C33H25N5O2/c39-32-27(34-29-15-7-9-19-36(29)32)21-23-17-18-24(22-28-33(40)37-20-10-8-16-30(37)35-28)31(23)38(25-11-3-1-4-12-25)26-13-5-2-6-14-26/h1-16,19-22,39H,17-18H2. The number of fused-ring (bicyclic) bond motifs is 2. The smallest absolute Gasteiger partial charge is 0.282 e. The highest BCUT2D eigenvalue weighted by Crippen LogP contribution is 2.43. The quantitative estimate of drug-likeness (QED) is 0.302. The molecule has 2 aliphatic heterocycles. The topological polar surface area (TPSA) is 73.4 Å². The lowest BCUT2D eigenvalue weighted by Crippen LogP contribution is -2.26. The van der Waals surface area contributed by atoms with Crippen molar-refractivity contribution >= 4 is 34.8 Å². The van der Waals surface area contributed by atoms with Gasteiger partial charge in [-0.2, -0.15) is 0 Å². The molecular weight excluding hydrogens is 498 g/mol. The van der Waals surface area contributed by atoms with Crippen LogP contribution in [0.3, 0.4) is 0 Å². The van der Waals surface area contributed by atoms with Crippen LogP contribution in [0.25, 0.3) is 11.7 Å². The Morgan fingerprint density at radius 1 is 0.850 bits per heavy atom. The van der Waals surface area contributed by atoms with Crippen LogP contribution in [0.1, 0.15) is 18.5 Å². The third-order valence-corrected chi connectivity index (χ3v) is 7.19. The van der Waals surface area contributed by atoms with Gasteiger partial charge in [0.2, 0.25) is 5.88 Å². The molecule has 1 aliphatic carbocycles. The number of hydrogen-bond donors (Lipinski definition) is 1. The molecule has 7 heteroatoms. The maximum Gasteiger partial charge on any atom is 0.282 e. The average Bonchev–Trinajstić information content (AvgIpc) is 3.64. The van der Waals surface area contributed by atoms with Crippen molar-refractivity contribution in [2.75, 3.05) is 4.90 Å². The third kappa shape index (κ3) is 4.05. The van der Waals surface area contributed by atoms with E-state index < -0.39 is 0 Å². The van der Waals surface area contributed by atoms with E-state index in [-0.39, 0.29) is 11.8 Å². The number of nitrogens with zero attached hydrogens (tertiary/aromatic N) is 5. The van der Waals surface area contributed by atoms with Gasteiger partial charge >= 0.3 is 0 Å². The van der Waals surface area contributed by atoms with E-state index in [1.54, 1.807) is 21.7 Å². The predicted octanol–water partition coefficient (Wildman–Crippen LogP) is 6.52. The summed E-state index contributed by atoms with van der Waals surface area (Å²) in [6.45, 7) is 0. The van der Waals surface area contributed by atoms with Gasteiger partial charge in [-0.1, -0.05) is 48.5 Å². The monoisotopic (exact) mass is 523 g/mol. The van der Waals surface area contributed by atoms with Gasteiger partial charge in [0, 0.05) is 23.8 Å². The summed E-state index contributed by atoms with van der Waals surface area (Å²) < 4.78 is 1.67. The van der Waals surface area contributed by atoms with Gasteiger partial charge in [0.15, 0.2) is 0 Å². The number of para-hydroxylation sites is 2.